The molecule has 0 radical (unpaired) electrons. The second kappa shape index (κ2) is 3.83. The van der Waals surface area contributed by atoms with Crippen molar-refractivity contribution < 1.29 is 17.6 Å². The van der Waals surface area contributed by atoms with E-state index in [1.54, 1.807) is 19.1 Å². The molecule has 84 valence electrons. The summed E-state index contributed by atoms with van der Waals surface area (Å²) in [7, 11) is 0. The SMILES string of the molecule is Cc1cccc(CC(F)(F)C(C)(F)F)c1. The Balaban J connectivity index is 2.87. The molecule has 0 unspecified atom stereocenters. The fourth-order valence-electron chi connectivity index (χ4n) is 1.23. The number of hydrogen-bond donors (Lipinski definition) is 0. The standard InChI is InChI=1S/C11H12F4/c1-8-4-3-5-9(6-8)7-11(14,15)10(2,12)13/h3-6H,7H2,1-2H3. The van der Waals surface area contributed by atoms with E-state index in [2.05, 4.69) is 0 Å². The summed E-state index contributed by atoms with van der Waals surface area (Å²) in [5, 5.41) is 0. The molecule has 0 saturated carbocycles. The first-order valence-electron chi connectivity index (χ1n) is 4.53. The molecule has 0 saturated heterocycles. The van der Waals surface area contributed by atoms with Crippen molar-refractivity contribution in [3.63, 3.8) is 0 Å². The van der Waals surface area contributed by atoms with Gasteiger partial charge in [-0.3, -0.25) is 0 Å². The normalized spacial score (nSPS) is 12.9. The molecule has 0 nitrogen and oxygen atoms in total. The number of halogens is 4. The molecule has 0 aliphatic heterocycles. The van der Waals surface area contributed by atoms with Crippen LogP contribution in [0.2, 0.25) is 0 Å². The van der Waals surface area contributed by atoms with Gasteiger partial charge in [-0.2, -0.15) is 8.78 Å². The van der Waals surface area contributed by atoms with Gasteiger partial charge in [0.05, 0.1) is 0 Å². The lowest BCUT2D eigenvalue weighted by Crippen LogP contribution is -2.39. The van der Waals surface area contributed by atoms with Crippen LogP contribution < -0.4 is 0 Å². The summed E-state index contributed by atoms with van der Waals surface area (Å²) in [6, 6.07) is 6.21. The number of hydrogen-bond acceptors (Lipinski definition) is 0. The van der Waals surface area contributed by atoms with E-state index >= 15 is 0 Å². The van der Waals surface area contributed by atoms with Gasteiger partial charge in [0, 0.05) is 13.3 Å². The third kappa shape index (κ3) is 2.94. The average molecular weight is 220 g/mol. The predicted octanol–water partition coefficient (Wildman–Crippen LogP) is 3.83. The average Bonchev–Trinajstić information content (AvgIpc) is 2.00. The molecule has 0 N–H and O–H groups in total. The monoisotopic (exact) mass is 220 g/mol. The van der Waals surface area contributed by atoms with Crippen LogP contribution in [0.15, 0.2) is 24.3 Å². The molecule has 0 fully saturated rings. The van der Waals surface area contributed by atoms with E-state index in [0.29, 0.717) is 0 Å². The molecule has 0 aliphatic carbocycles. The van der Waals surface area contributed by atoms with Gasteiger partial charge >= 0.3 is 11.8 Å². The van der Waals surface area contributed by atoms with E-state index in [1.165, 1.54) is 12.1 Å². The van der Waals surface area contributed by atoms with Crippen molar-refractivity contribution in [2.45, 2.75) is 32.1 Å². The van der Waals surface area contributed by atoms with E-state index in [9.17, 15) is 17.6 Å². The van der Waals surface area contributed by atoms with Gasteiger partial charge in [-0.25, -0.2) is 8.78 Å². The highest BCUT2D eigenvalue weighted by atomic mass is 19.3. The van der Waals surface area contributed by atoms with Crippen LogP contribution in [-0.4, -0.2) is 11.8 Å². The molecule has 15 heavy (non-hydrogen) atoms. The fourth-order valence-corrected chi connectivity index (χ4v) is 1.23. The molecule has 1 aromatic carbocycles. The van der Waals surface area contributed by atoms with Crippen LogP contribution in [0.5, 0.6) is 0 Å². The lowest BCUT2D eigenvalue weighted by atomic mass is 10.0. The van der Waals surface area contributed by atoms with Gasteiger partial charge in [-0.1, -0.05) is 29.8 Å². The van der Waals surface area contributed by atoms with E-state index in [0.717, 1.165) is 5.56 Å². The first-order valence-corrected chi connectivity index (χ1v) is 4.53. The molecule has 0 aromatic heterocycles. The van der Waals surface area contributed by atoms with Crippen LogP contribution in [0.3, 0.4) is 0 Å². The highest BCUT2D eigenvalue weighted by Crippen LogP contribution is 2.36. The molecule has 0 bridgehead atoms. The minimum absolute atomic E-state index is 0.224. The maximum Gasteiger partial charge on any atom is 0.313 e. The Hall–Kier alpha value is -1.06. The number of rotatable bonds is 3. The predicted molar refractivity (Wildman–Crippen MR) is 50.5 cm³/mol. The zero-order valence-corrected chi connectivity index (χ0v) is 8.53. The van der Waals surface area contributed by atoms with Gasteiger partial charge in [0.15, 0.2) is 0 Å². The highest BCUT2D eigenvalue weighted by molar-refractivity contribution is 5.23. The molecular weight excluding hydrogens is 208 g/mol. The Bertz CT molecular complexity index is 339. The molecule has 0 aliphatic rings. The Labute approximate surface area is 85.9 Å². The summed E-state index contributed by atoms with van der Waals surface area (Å²) in [5.41, 5.74) is 1.00. The first-order chi connectivity index (χ1) is 6.72. The van der Waals surface area contributed by atoms with Crippen LogP contribution >= 0.6 is 0 Å². The van der Waals surface area contributed by atoms with Crippen molar-refractivity contribution >= 4 is 0 Å². The van der Waals surface area contributed by atoms with Gasteiger partial charge < -0.3 is 0 Å². The van der Waals surface area contributed by atoms with Crippen LogP contribution in [0, 0.1) is 6.92 Å². The Morgan fingerprint density at radius 2 is 1.73 bits per heavy atom. The second-order valence-electron chi connectivity index (χ2n) is 3.76. The molecule has 0 heterocycles. The Morgan fingerprint density at radius 3 is 2.20 bits per heavy atom. The van der Waals surface area contributed by atoms with Gasteiger partial charge in [0.2, 0.25) is 0 Å². The molecular formula is C11H12F4. The number of benzene rings is 1. The van der Waals surface area contributed by atoms with Crippen LogP contribution in [0.1, 0.15) is 18.1 Å². The molecule has 0 spiro atoms. The quantitative estimate of drug-likeness (QED) is 0.679. The summed E-state index contributed by atoms with van der Waals surface area (Å²) in [6.07, 6.45) is -0.932. The lowest BCUT2D eigenvalue weighted by molar-refractivity contribution is -0.196. The third-order valence-electron chi connectivity index (χ3n) is 2.15. The van der Waals surface area contributed by atoms with E-state index < -0.39 is 18.3 Å². The summed E-state index contributed by atoms with van der Waals surface area (Å²) in [5.74, 6) is -7.99. The van der Waals surface area contributed by atoms with Gasteiger partial charge in [-0.15, -0.1) is 0 Å². The smallest absolute Gasteiger partial charge is 0.200 e. The molecule has 0 amide bonds. The van der Waals surface area contributed by atoms with E-state index in [1.807, 2.05) is 0 Å². The Morgan fingerprint density at radius 1 is 1.13 bits per heavy atom. The van der Waals surface area contributed by atoms with Crippen molar-refractivity contribution in [2.24, 2.45) is 0 Å². The summed E-state index contributed by atoms with van der Waals surface area (Å²) in [6.45, 7) is 1.97. The summed E-state index contributed by atoms with van der Waals surface area (Å²) in [4.78, 5) is 0. The second-order valence-corrected chi connectivity index (χ2v) is 3.76. The largest absolute Gasteiger partial charge is 0.313 e. The zero-order chi connectivity index (χ0) is 11.7. The highest BCUT2D eigenvalue weighted by Gasteiger charge is 2.51. The maximum atomic E-state index is 13.0. The van der Waals surface area contributed by atoms with Crippen molar-refractivity contribution in [2.75, 3.05) is 0 Å². The minimum atomic E-state index is -4.00. The Kier molecular flexibility index (Phi) is 3.07. The van der Waals surface area contributed by atoms with Crippen LogP contribution in [-0.2, 0) is 6.42 Å². The first kappa shape index (κ1) is 12.0. The minimum Gasteiger partial charge on any atom is -0.200 e. The van der Waals surface area contributed by atoms with Gasteiger partial charge in [0.25, 0.3) is 0 Å². The van der Waals surface area contributed by atoms with Gasteiger partial charge in [0.1, 0.15) is 0 Å². The summed E-state index contributed by atoms with van der Waals surface area (Å²) >= 11 is 0. The van der Waals surface area contributed by atoms with Crippen molar-refractivity contribution in [3.8, 4) is 0 Å². The molecule has 4 heteroatoms. The van der Waals surface area contributed by atoms with Crippen LogP contribution in [0.4, 0.5) is 17.6 Å². The number of alkyl halides is 4. The van der Waals surface area contributed by atoms with E-state index in [-0.39, 0.29) is 12.5 Å². The van der Waals surface area contributed by atoms with Crippen molar-refractivity contribution in [1.82, 2.24) is 0 Å². The fraction of sp³-hybridized carbons (Fsp3) is 0.455. The summed E-state index contributed by atoms with van der Waals surface area (Å²) < 4.78 is 51.1. The van der Waals surface area contributed by atoms with Crippen molar-refractivity contribution in [1.29, 1.82) is 0 Å². The van der Waals surface area contributed by atoms with Crippen LogP contribution in [0.25, 0.3) is 0 Å². The van der Waals surface area contributed by atoms with Crippen molar-refractivity contribution in [3.05, 3.63) is 35.4 Å². The van der Waals surface area contributed by atoms with E-state index in [4.69, 9.17) is 0 Å². The lowest BCUT2D eigenvalue weighted by Gasteiger charge is -2.23. The number of aryl methyl sites for hydroxylation is 1. The third-order valence-corrected chi connectivity index (χ3v) is 2.15. The maximum absolute atomic E-state index is 13.0. The molecule has 1 aromatic rings. The topological polar surface area (TPSA) is 0 Å². The zero-order valence-electron chi connectivity index (χ0n) is 8.53. The molecule has 0 atom stereocenters. The van der Waals surface area contributed by atoms with Gasteiger partial charge in [-0.05, 0) is 12.5 Å². The molecule has 1 rings (SSSR count).